The lowest BCUT2D eigenvalue weighted by molar-refractivity contribution is 0.351. The second-order valence-corrected chi connectivity index (χ2v) is 6.98. The van der Waals surface area contributed by atoms with Crippen molar-refractivity contribution in [3.8, 4) is 11.4 Å². The van der Waals surface area contributed by atoms with E-state index in [1.165, 1.54) is 18.4 Å². The lowest BCUT2D eigenvalue weighted by atomic mass is 10.1. The lowest BCUT2D eigenvalue weighted by Crippen LogP contribution is -2.21. The summed E-state index contributed by atoms with van der Waals surface area (Å²) in [6.07, 6.45) is 1.89. The molecule has 3 aromatic rings. The van der Waals surface area contributed by atoms with Crippen molar-refractivity contribution < 1.29 is 9.13 Å². The number of methoxy groups -OCH3 is 1. The number of likely N-dealkylation sites (N-methyl/N-ethyl adjacent to an activating group) is 1. The Bertz CT molecular complexity index is 951. The number of ether oxygens (including phenoxy) is 1. The minimum absolute atomic E-state index is 0.258. The van der Waals surface area contributed by atoms with Crippen molar-refractivity contribution in [3.05, 3.63) is 58.5 Å². The SMILES string of the molecule is COc1ccc(-n2c3c(c4cc(Cl)ccc42)CCN(C)CC3)cc1F. The summed E-state index contributed by atoms with van der Waals surface area (Å²) >= 11 is 6.25. The van der Waals surface area contributed by atoms with Crippen LogP contribution in [0.1, 0.15) is 11.3 Å². The van der Waals surface area contributed by atoms with Crippen LogP contribution in [0.3, 0.4) is 0 Å². The van der Waals surface area contributed by atoms with Crippen molar-refractivity contribution >= 4 is 22.5 Å². The zero-order chi connectivity index (χ0) is 17.6. The highest BCUT2D eigenvalue weighted by Gasteiger charge is 2.22. The topological polar surface area (TPSA) is 17.4 Å². The van der Waals surface area contributed by atoms with Gasteiger partial charge in [-0.05, 0) is 49.4 Å². The van der Waals surface area contributed by atoms with Crippen molar-refractivity contribution in [2.75, 3.05) is 27.2 Å². The highest BCUT2D eigenvalue weighted by Crippen LogP contribution is 2.34. The van der Waals surface area contributed by atoms with E-state index in [9.17, 15) is 4.39 Å². The number of hydrogen-bond acceptors (Lipinski definition) is 2. The number of hydrogen-bond donors (Lipinski definition) is 0. The Morgan fingerprint density at radius 1 is 1.08 bits per heavy atom. The van der Waals surface area contributed by atoms with E-state index in [0.29, 0.717) is 0 Å². The van der Waals surface area contributed by atoms with E-state index in [4.69, 9.17) is 16.3 Å². The van der Waals surface area contributed by atoms with E-state index in [1.807, 2.05) is 24.3 Å². The second-order valence-electron chi connectivity index (χ2n) is 6.54. The summed E-state index contributed by atoms with van der Waals surface area (Å²) in [7, 11) is 3.62. The Hall–Kier alpha value is -2.04. The molecule has 1 aromatic heterocycles. The van der Waals surface area contributed by atoms with Crippen LogP contribution in [0.4, 0.5) is 4.39 Å². The summed E-state index contributed by atoms with van der Waals surface area (Å²) in [5, 5.41) is 1.89. The van der Waals surface area contributed by atoms with Crippen molar-refractivity contribution in [2.24, 2.45) is 0 Å². The van der Waals surface area contributed by atoms with E-state index < -0.39 is 0 Å². The number of aromatic nitrogens is 1. The van der Waals surface area contributed by atoms with Crippen LogP contribution in [0.5, 0.6) is 5.75 Å². The third-order valence-electron chi connectivity index (χ3n) is 5.01. The fraction of sp³-hybridized carbons (Fsp3) is 0.300. The van der Waals surface area contributed by atoms with Gasteiger partial charge in [0.2, 0.25) is 0 Å². The molecule has 0 atom stereocenters. The van der Waals surface area contributed by atoms with Crippen LogP contribution < -0.4 is 4.74 Å². The van der Waals surface area contributed by atoms with Crippen molar-refractivity contribution in [2.45, 2.75) is 12.8 Å². The van der Waals surface area contributed by atoms with Crippen LogP contribution in [0.25, 0.3) is 16.6 Å². The highest BCUT2D eigenvalue weighted by atomic mass is 35.5. The minimum atomic E-state index is -0.352. The van der Waals surface area contributed by atoms with Gasteiger partial charge in [-0.15, -0.1) is 0 Å². The predicted molar refractivity (Wildman–Crippen MR) is 99.7 cm³/mol. The normalized spacial score (nSPS) is 15.2. The van der Waals surface area contributed by atoms with Crippen LogP contribution in [0.2, 0.25) is 5.02 Å². The van der Waals surface area contributed by atoms with E-state index >= 15 is 0 Å². The average Bonchev–Trinajstić information content (AvgIpc) is 2.77. The molecule has 1 aliphatic heterocycles. The molecule has 0 bridgehead atoms. The van der Waals surface area contributed by atoms with Crippen LogP contribution in [-0.4, -0.2) is 36.7 Å². The lowest BCUT2D eigenvalue weighted by Gasteiger charge is -2.14. The van der Waals surface area contributed by atoms with Gasteiger partial charge in [-0.2, -0.15) is 0 Å². The van der Waals surface area contributed by atoms with Gasteiger partial charge in [0.1, 0.15) is 0 Å². The molecule has 2 heterocycles. The van der Waals surface area contributed by atoms with Crippen molar-refractivity contribution in [1.29, 1.82) is 0 Å². The first-order chi connectivity index (χ1) is 12.1. The van der Waals surface area contributed by atoms with Crippen molar-refractivity contribution in [3.63, 3.8) is 0 Å². The van der Waals surface area contributed by atoms with Gasteiger partial charge in [0.05, 0.1) is 12.6 Å². The summed E-state index contributed by atoms with van der Waals surface area (Å²) in [5.74, 6) is -0.0932. The van der Waals surface area contributed by atoms with Crippen LogP contribution in [0.15, 0.2) is 36.4 Å². The maximum absolute atomic E-state index is 14.3. The zero-order valence-corrected chi connectivity index (χ0v) is 15.1. The summed E-state index contributed by atoms with van der Waals surface area (Å²) in [5.41, 5.74) is 4.45. The second kappa shape index (κ2) is 6.36. The third kappa shape index (κ3) is 2.79. The van der Waals surface area contributed by atoms with Gasteiger partial charge >= 0.3 is 0 Å². The van der Waals surface area contributed by atoms with Crippen LogP contribution in [-0.2, 0) is 12.8 Å². The summed E-state index contributed by atoms with van der Waals surface area (Å²) in [6.45, 7) is 1.99. The van der Waals surface area contributed by atoms with Crippen LogP contribution in [0, 0.1) is 5.82 Å². The number of nitrogens with zero attached hydrogens (tertiary/aromatic N) is 2. The molecule has 1 aliphatic rings. The van der Waals surface area contributed by atoms with Gasteiger partial charge in [-0.25, -0.2) is 4.39 Å². The van der Waals surface area contributed by atoms with Gasteiger partial charge in [0.25, 0.3) is 0 Å². The molecule has 0 saturated carbocycles. The number of benzene rings is 2. The van der Waals surface area contributed by atoms with E-state index in [-0.39, 0.29) is 11.6 Å². The molecular weight excluding hydrogens is 339 g/mol. The summed E-state index contributed by atoms with van der Waals surface area (Å²) < 4.78 is 21.5. The van der Waals surface area contributed by atoms with Gasteiger partial charge in [-0.3, -0.25) is 0 Å². The maximum atomic E-state index is 14.3. The van der Waals surface area contributed by atoms with Crippen molar-refractivity contribution in [1.82, 2.24) is 9.47 Å². The summed E-state index contributed by atoms with van der Waals surface area (Å²) in [6, 6.07) is 11.1. The molecule has 0 spiro atoms. The van der Waals surface area contributed by atoms with E-state index in [0.717, 1.165) is 47.5 Å². The fourth-order valence-corrected chi connectivity index (χ4v) is 3.90. The zero-order valence-electron chi connectivity index (χ0n) is 14.4. The monoisotopic (exact) mass is 358 g/mol. The van der Waals surface area contributed by atoms with Gasteiger partial charge in [0.15, 0.2) is 11.6 Å². The molecule has 3 nitrogen and oxygen atoms in total. The molecule has 0 N–H and O–H groups in total. The first-order valence-corrected chi connectivity index (χ1v) is 8.80. The van der Waals surface area contributed by atoms with E-state index in [1.54, 1.807) is 12.1 Å². The molecule has 130 valence electrons. The largest absolute Gasteiger partial charge is 0.494 e. The van der Waals surface area contributed by atoms with Crippen LogP contribution >= 0.6 is 11.6 Å². The fourth-order valence-electron chi connectivity index (χ4n) is 3.72. The molecule has 0 radical (unpaired) electrons. The predicted octanol–water partition coefficient (Wildman–Crippen LogP) is 4.46. The maximum Gasteiger partial charge on any atom is 0.167 e. The summed E-state index contributed by atoms with van der Waals surface area (Å²) in [4.78, 5) is 2.33. The van der Waals surface area contributed by atoms with Gasteiger partial charge in [0, 0.05) is 47.4 Å². The number of rotatable bonds is 2. The quantitative estimate of drug-likeness (QED) is 0.672. The highest BCUT2D eigenvalue weighted by molar-refractivity contribution is 6.31. The molecule has 25 heavy (non-hydrogen) atoms. The minimum Gasteiger partial charge on any atom is -0.494 e. The molecule has 0 saturated heterocycles. The molecule has 2 aromatic carbocycles. The number of halogens is 2. The molecule has 0 aliphatic carbocycles. The number of fused-ring (bicyclic) bond motifs is 3. The Morgan fingerprint density at radius 2 is 1.88 bits per heavy atom. The van der Waals surface area contributed by atoms with E-state index in [2.05, 4.69) is 16.5 Å². The molecular formula is C20H20ClFN2O. The molecule has 0 unspecified atom stereocenters. The molecule has 5 heteroatoms. The Kier molecular flexibility index (Phi) is 4.18. The Labute approximate surface area is 151 Å². The smallest absolute Gasteiger partial charge is 0.167 e. The van der Waals surface area contributed by atoms with Gasteiger partial charge < -0.3 is 14.2 Å². The molecule has 0 fully saturated rings. The standard InChI is InChI=1S/C20H20ClFN2O/c1-23-9-7-15-16-11-13(21)3-5-18(16)24(19(15)8-10-23)14-4-6-20(25-2)17(22)12-14/h3-6,11-12H,7-10H2,1-2H3. The Morgan fingerprint density at radius 3 is 2.64 bits per heavy atom. The van der Waals surface area contributed by atoms with Gasteiger partial charge in [-0.1, -0.05) is 11.6 Å². The molecule has 4 rings (SSSR count). The first-order valence-electron chi connectivity index (χ1n) is 8.42. The first kappa shape index (κ1) is 16.4. The molecule has 0 amide bonds. The Balaban J connectivity index is 1.98. The average molecular weight is 359 g/mol. The third-order valence-corrected chi connectivity index (χ3v) is 5.25.